The zero-order chi connectivity index (χ0) is 21.9. The summed E-state index contributed by atoms with van der Waals surface area (Å²) in [6.45, 7) is 2.22. The van der Waals surface area contributed by atoms with Crippen LogP contribution in [-0.4, -0.2) is 38.8 Å². The number of hydrogen-bond donors (Lipinski definition) is 1. The fraction of sp³-hybridized carbons (Fsp3) is 0.333. The summed E-state index contributed by atoms with van der Waals surface area (Å²) in [4.78, 5) is 26.6. The van der Waals surface area contributed by atoms with Gasteiger partial charge < -0.3 is 9.64 Å². The van der Waals surface area contributed by atoms with Crippen molar-refractivity contribution in [3.63, 3.8) is 0 Å². The van der Waals surface area contributed by atoms with Crippen LogP contribution in [0.3, 0.4) is 0 Å². The third kappa shape index (κ3) is 5.00. The topological polar surface area (TPSA) is 92.8 Å². The number of carbonyl (C=O) groups excluding carboxylic acids is 2. The first-order valence-corrected chi connectivity index (χ1v) is 11.3. The van der Waals surface area contributed by atoms with Gasteiger partial charge in [-0.25, -0.2) is 13.1 Å². The summed E-state index contributed by atoms with van der Waals surface area (Å²) in [5.41, 5.74) is 1.51. The number of likely N-dealkylation sites (tertiary alicyclic amines) is 1. The van der Waals surface area contributed by atoms with Gasteiger partial charge in [-0.2, -0.15) is 0 Å². The van der Waals surface area contributed by atoms with Crippen LogP contribution in [0.4, 0.5) is 0 Å². The molecule has 160 valence electrons. The second-order valence-corrected chi connectivity index (χ2v) is 9.35. The Bertz CT molecular complexity index is 1040. The molecular weight excluding hydrogens is 428 g/mol. The molecule has 2 amide bonds. The first kappa shape index (κ1) is 22.3. The van der Waals surface area contributed by atoms with Gasteiger partial charge in [0.25, 0.3) is 10.0 Å². The van der Waals surface area contributed by atoms with Crippen LogP contribution in [0.2, 0.25) is 5.02 Å². The molecule has 0 aliphatic carbocycles. The summed E-state index contributed by atoms with van der Waals surface area (Å²) in [6.07, 6.45) is -0.0387. The Kier molecular flexibility index (Phi) is 6.80. The SMILES string of the molecule is COCc1cc(Cl)cc(S(=O)(=O)NC(=O)C2CC(=O)N(C(C)c3ccccc3)C2)c1. The lowest BCUT2D eigenvalue weighted by molar-refractivity contribution is -0.130. The van der Waals surface area contributed by atoms with Crippen LogP contribution in [-0.2, 0) is 31.0 Å². The van der Waals surface area contributed by atoms with E-state index in [9.17, 15) is 18.0 Å². The van der Waals surface area contributed by atoms with E-state index in [0.717, 1.165) is 5.56 Å². The second kappa shape index (κ2) is 9.16. The van der Waals surface area contributed by atoms with Crippen molar-refractivity contribution in [1.29, 1.82) is 0 Å². The molecule has 0 radical (unpaired) electrons. The average Bonchev–Trinajstić information content (AvgIpc) is 3.09. The minimum absolute atomic E-state index is 0.0387. The van der Waals surface area contributed by atoms with Gasteiger partial charge in [0.2, 0.25) is 11.8 Å². The molecule has 1 aliphatic rings. The number of benzene rings is 2. The molecule has 2 aromatic carbocycles. The van der Waals surface area contributed by atoms with E-state index in [0.29, 0.717) is 5.56 Å². The van der Waals surface area contributed by atoms with Gasteiger partial charge in [-0.05, 0) is 36.2 Å². The van der Waals surface area contributed by atoms with E-state index in [1.165, 1.54) is 19.2 Å². The van der Waals surface area contributed by atoms with E-state index in [2.05, 4.69) is 4.72 Å². The van der Waals surface area contributed by atoms with Crippen LogP contribution in [0.15, 0.2) is 53.4 Å². The maximum atomic E-state index is 12.7. The summed E-state index contributed by atoms with van der Waals surface area (Å²) < 4.78 is 32.5. The first-order valence-electron chi connectivity index (χ1n) is 9.40. The van der Waals surface area contributed by atoms with E-state index < -0.39 is 21.8 Å². The Labute approximate surface area is 181 Å². The highest BCUT2D eigenvalue weighted by Gasteiger charge is 2.38. The molecule has 0 saturated carbocycles. The predicted molar refractivity (Wildman–Crippen MR) is 112 cm³/mol. The number of nitrogens with zero attached hydrogens (tertiary/aromatic N) is 1. The monoisotopic (exact) mass is 450 g/mol. The minimum Gasteiger partial charge on any atom is -0.380 e. The summed E-state index contributed by atoms with van der Waals surface area (Å²) in [5, 5.41) is 0.219. The molecule has 9 heteroatoms. The quantitative estimate of drug-likeness (QED) is 0.700. The zero-order valence-electron chi connectivity index (χ0n) is 16.7. The number of ether oxygens (including phenoxy) is 1. The molecule has 30 heavy (non-hydrogen) atoms. The summed E-state index contributed by atoms with van der Waals surface area (Å²) in [7, 11) is -2.65. The third-order valence-electron chi connectivity index (χ3n) is 5.07. The largest absolute Gasteiger partial charge is 0.380 e. The maximum Gasteiger partial charge on any atom is 0.264 e. The van der Waals surface area contributed by atoms with Crippen LogP contribution >= 0.6 is 11.6 Å². The summed E-state index contributed by atoms with van der Waals surface area (Å²) in [5.74, 6) is -1.65. The van der Waals surface area contributed by atoms with Crippen molar-refractivity contribution in [2.45, 2.75) is 30.9 Å². The van der Waals surface area contributed by atoms with Crippen molar-refractivity contribution in [3.05, 3.63) is 64.7 Å². The van der Waals surface area contributed by atoms with E-state index in [1.807, 2.05) is 37.3 Å². The molecule has 0 aromatic heterocycles. The van der Waals surface area contributed by atoms with Gasteiger partial charge in [-0.1, -0.05) is 41.9 Å². The van der Waals surface area contributed by atoms with Gasteiger partial charge in [-0.15, -0.1) is 0 Å². The van der Waals surface area contributed by atoms with Gasteiger partial charge in [0, 0.05) is 25.1 Å². The normalized spacial score (nSPS) is 17.8. The highest BCUT2D eigenvalue weighted by atomic mass is 35.5. The van der Waals surface area contributed by atoms with Gasteiger partial charge in [0.05, 0.1) is 23.5 Å². The number of methoxy groups -OCH3 is 1. The Morgan fingerprint density at radius 2 is 1.97 bits per heavy atom. The molecule has 7 nitrogen and oxygen atoms in total. The molecule has 0 bridgehead atoms. The van der Waals surface area contributed by atoms with Crippen molar-refractivity contribution < 1.29 is 22.7 Å². The lowest BCUT2D eigenvalue weighted by atomic mass is 10.1. The van der Waals surface area contributed by atoms with Crippen molar-refractivity contribution in [1.82, 2.24) is 9.62 Å². The third-order valence-corrected chi connectivity index (χ3v) is 6.61. The molecule has 3 rings (SSSR count). The van der Waals surface area contributed by atoms with Gasteiger partial charge in [-0.3, -0.25) is 9.59 Å². The number of nitrogens with one attached hydrogen (secondary N) is 1. The Balaban J connectivity index is 1.72. The average molecular weight is 451 g/mol. The van der Waals surface area contributed by atoms with Crippen LogP contribution in [0.1, 0.15) is 30.5 Å². The molecule has 2 aromatic rings. The van der Waals surface area contributed by atoms with Crippen LogP contribution in [0.5, 0.6) is 0 Å². The summed E-state index contributed by atoms with van der Waals surface area (Å²) in [6, 6.07) is 13.5. The molecule has 1 saturated heterocycles. The van der Waals surface area contributed by atoms with Crippen molar-refractivity contribution in [2.24, 2.45) is 5.92 Å². The molecule has 0 spiro atoms. The Morgan fingerprint density at radius 3 is 2.63 bits per heavy atom. The Morgan fingerprint density at radius 1 is 1.27 bits per heavy atom. The van der Waals surface area contributed by atoms with Gasteiger partial charge in [0.1, 0.15) is 0 Å². The lowest BCUT2D eigenvalue weighted by Gasteiger charge is -2.25. The minimum atomic E-state index is -4.14. The zero-order valence-corrected chi connectivity index (χ0v) is 18.2. The van der Waals surface area contributed by atoms with Crippen molar-refractivity contribution in [2.75, 3.05) is 13.7 Å². The van der Waals surface area contributed by atoms with E-state index in [1.54, 1.807) is 11.0 Å². The maximum absolute atomic E-state index is 12.7. The van der Waals surface area contributed by atoms with Gasteiger partial charge in [0.15, 0.2) is 0 Å². The standard InChI is InChI=1S/C21H23ClN2O5S/c1-14(16-6-4-3-5-7-16)24-12-17(10-20(24)25)21(26)23-30(27,28)19-9-15(13-29-2)8-18(22)11-19/h3-9,11,14,17H,10,12-13H2,1-2H3,(H,23,26). The van der Waals surface area contributed by atoms with E-state index in [4.69, 9.17) is 16.3 Å². The van der Waals surface area contributed by atoms with E-state index in [-0.39, 0.29) is 41.4 Å². The number of rotatable bonds is 7. The number of amides is 2. The molecule has 1 heterocycles. The van der Waals surface area contributed by atoms with Gasteiger partial charge >= 0.3 is 0 Å². The van der Waals surface area contributed by atoms with Crippen LogP contribution < -0.4 is 4.72 Å². The summed E-state index contributed by atoms with van der Waals surface area (Å²) >= 11 is 6.00. The number of hydrogen-bond acceptors (Lipinski definition) is 5. The molecule has 1 N–H and O–H groups in total. The number of sulfonamides is 1. The Hall–Kier alpha value is -2.42. The number of halogens is 1. The van der Waals surface area contributed by atoms with Crippen molar-refractivity contribution >= 4 is 33.4 Å². The van der Waals surface area contributed by atoms with Crippen LogP contribution in [0, 0.1) is 5.92 Å². The second-order valence-electron chi connectivity index (χ2n) is 7.23. The van der Waals surface area contributed by atoms with E-state index >= 15 is 0 Å². The fourth-order valence-corrected chi connectivity index (χ4v) is 4.95. The van der Waals surface area contributed by atoms with Crippen LogP contribution in [0.25, 0.3) is 0 Å². The molecule has 1 fully saturated rings. The highest BCUT2D eigenvalue weighted by molar-refractivity contribution is 7.90. The highest BCUT2D eigenvalue weighted by Crippen LogP contribution is 2.29. The number of carbonyl (C=O) groups is 2. The first-order chi connectivity index (χ1) is 14.2. The smallest absolute Gasteiger partial charge is 0.264 e. The van der Waals surface area contributed by atoms with Crippen molar-refractivity contribution in [3.8, 4) is 0 Å². The lowest BCUT2D eigenvalue weighted by Crippen LogP contribution is -2.37. The fourth-order valence-electron chi connectivity index (χ4n) is 3.49. The molecule has 1 aliphatic heterocycles. The molecule has 2 atom stereocenters. The molecule has 2 unspecified atom stereocenters. The molecular formula is C21H23ClN2O5S. The predicted octanol–water partition coefficient (Wildman–Crippen LogP) is 2.90.